The Kier molecular flexibility index (Phi) is 6.37. The molecule has 1 aliphatic rings. The Labute approximate surface area is 97.1 Å². The monoisotopic (exact) mass is 230 g/mol. The molecule has 1 saturated heterocycles. The van der Waals surface area contributed by atoms with Crippen molar-refractivity contribution in [3.8, 4) is 0 Å². The highest BCUT2D eigenvalue weighted by molar-refractivity contribution is 5.76. The lowest BCUT2D eigenvalue weighted by Gasteiger charge is -2.34. The quantitative estimate of drug-likeness (QED) is 0.508. The molecule has 1 atom stereocenters. The Hall–Kier alpha value is -0.650. The van der Waals surface area contributed by atoms with Gasteiger partial charge >= 0.3 is 5.97 Å². The summed E-state index contributed by atoms with van der Waals surface area (Å²) in [5.41, 5.74) is 0. The van der Waals surface area contributed by atoms with Crippen molar-refractivity contribution in [2.75, 3.05) is 46.0 Å². The van der Waals surface area contributed by atoms with E-state index in [1.165, 1.54) is 0 Å². The fourth-order valence-corrected chi connectivity index (χ4v) is 1.81. The highest BCUT2D eigenvalue weighted by Crippen LogP contribution is 2.05. The molecule has 1 N–H and O–H groups in total. The van der Waals surface area contributed by atoms with E-state index in [1.807, 2.05) is 13.8 Å². The van der Waals surface area contributed by atoms with Crippen LogP contribution >= 0.6 is 0 Å². The third-order valence-corrected chi connectivity index (χ3v) is 2.64. The number of piperazine rings is 1. The second-order valence-corrected chi connectivity index (χ2v) is 3.70. The lowest BCUT2D eigenvalue weighted by molar-refractivity contribution is -0.150. The van der Waals surface area contributed by atoms with E-state index in [9.17, 15) is 4.79 Å². The average molecular weight is 230 g/mol. The molecule has 1 rings (SSSR count). The van der Waals surface area contributed by atoms with Gasteiger partial charge in [-0.2, -0.15) is 0 Å². The first-order valence-corrected chi connectivity index (χ1v) is 5.98. The fourth-order valence-electron chi connectivity index (χ4n) is 1.81. The molecule has 0 amide bonds. The van der Waals surface area contributed by atoms with Crippen LogP contribution in [-0.2, 0) is 14.3 Å². The van der Waals surface area contributed by atoms with Crippen LogP contribution in [0.2, 0.25) is 0 Å². The van der Waals surface area contributed by atoms with Crippen LogP contribution in [0.3, 0.4) is 0 Å². The van der Waals surface area contributed by atoms with Gasteiger partial charge in [-0.1, -0.05) is 0 Å². The third-order valence-electron chi connectivity index (χ3n) is 2.64. The van der Waals surface area contributed by atoms with E-state index in [2.05, 4.69) is 10.2 Å². The maximum atomic E-state index is 11.7. The van der Waals surface area contributed by atoms with Crippen LogP contribution in [-0.4, -0.2) is 62.9 Å². The van der Waals surface area contributed by atoms with Crippen molar-refractivity contribution >= 4 is 5.97 Å². The molecule has 5 nitrogen and oxygen atoms in total. The highest BCUT2D eigenvalue weighted by atomic mass is 16.5. The average Bonchev–Trinajstić information content (AvgIpc) is 2.30. The molecular weight excluding hydrogens is 208 g/mol. The molecule has 0 aromatic rings. The zero-order valence-electron chi connectivity index (χ0n) is 10.2. The van der Waals surface area contributed by atoms with Crippen molar-refractivity contribution in [2.24, 2.45) is 0 Å². The lowest BCUT2D eigenvalue weighted by atomic mass is 10.2. The number of rotatable bonds is 6. The van der Waals surface area contributed by atoms with Crippen LogP contribution in [0.15, 0.2) is 0 Å². The van der Waals surface area contributed by atoms with Gasteiger partial charge in [0.1, 0.15) is 6.04 Å². The Morgan fingerprint density at radius 1 is 1.44 bits per heavy atom. The number of carbonyl (C=O) groups excluding carboxylic acids is 1. The highest BCUT2D eigenvalue weighted by Gasteiger charge is 2.29. The summed E-state index contributed by atoms with van der Waals surface area (Å²) in [6.45, 7) is 8.89. The van der Waals surface area contributed by atoms with Gasteiger partial charge in [0.15, 0.2) is 0 Å². The fraction of sp³-hybridized carbons (Fsp3) is 0.909. The van der Waals surface area contributed by atoms with Gasteiger partial charge in [-0.05, 0) is 13.8 Å². The topological polar surface area (TPSA) is 50.8 Å². The van der Waals surface area contributed by atoms with Crippen LogP contribution in [0.1, 0.15) is 13.8 Å². The summed E-state index contributed by atoms with van der Waals surface area (Å²) in [5.74, 6) is -0.133. The first kappa shape index (κ1) is 13.4. The van der Waals surface area contributed by atoms with Crippen LogP contribution in [0.4, 0.5) is 0 Å². The van der Waals surface area contributed by atoms with Gasteiger partial charge in [0, 0.05) is 32.8 Å². The molecule has 0 aliphatic carbocycles. The summed E-state index contributed by atoms with van der Waals surface area (Å²) in [7, 11) is 0. The number of nitrogens with zero attached hydrogens (tertiary/aromatic N) is 1. The molecule has 5 heteroatoms. The van der Waals surface area contributed by atoms with Crippen molar-refractivity contribution in [2.45, 2.75) is 19.9 Å². The summed E-state index contributed by atoms with van der Waals surface area (Å²) in [5, 5.41) is 3.21. The molecule has 1 unspecified atom stereocenters. The van der Waals surface area contributed by atoms with E-state index in [-0.39, 0.29) is 12.0 Å². The first-order valence-electron chi connectivity index (χ1n) is 5.98. The minimum absolute atomic E-state index is 0.133. The summed E-state index contributed by atoms with van der Waals surface area (Å²) in [6, 6.07) is -0.158. The van der Waals surface area contributed by atoms with Gasteiger partial charge in [0.05, 0.1) is 13.2 Å². The molecule has 1 aliphatic heterocycles. The molecule has 1 heterocycles. The van der Waals surface area contributed by atoms with Crippen molar-refractivity contribution in [1.82, 2.24) is 10.2 Å². The number of hydrogen-bond donors (Lipinski definition) is 1. The largest absolute Gasteiger partial charge is 0.465 e. The van der Waals surface area contributed by atoms with E-state index in [0.29, 0.717) is 19.8 Å². The van der Waals surface area contributed by atoms with E-state index in [0.717, 1.165) is 26.2 Å². The van der Waals surface area contributed by atoms with Gasteiger partial charge in [-0.15, -0.1) is 0 Å². The molecular formula is C11H22N2O3. The zero-order valence-corrected chi connectivity index (χ0v) is 10.2. The van der Waals surface area contributed by atoms with Gasteiger partial charge in [0.25, 0.3) is 0 Å². The smallest absolute Gasteiger partial charge is 0.324 e. The van der Waals surface area contributed by atoms with Gasteiger partial charge < -0.3 is 14.8 Å². The second kappa shape index (κ2) is 7.60. The first-order chi connectivity index (χ1) is 7.79. The Balaban J connectivity index is 2.40. The Bertz CT molecular complexity index is 211. The van der Waals surface area contributed by atoms with E-state index < -0.39 is 0 Å². The van der Waals surface area contributed by atoms with E-state index >= 15 is 0 Å². The molecule has 0 bridgehead atoms. The molecule has 94 valence electrons. The molecule has 16 heavy (non-hydrogen) atoms. The molecule has 0 radical (unpaired) electrons. The molecule has 0 aromatic heterocycles. The summed E-state index contributed by atoms with van der Waals surface area (Å²) < 4.78 is 10.4. The SMILES string of the molecule is CCOCCN1CCNCC1C(=O)OCC. The Morgan fingerprint density at radius 2 is 2.25 bits per heavy atom. The van der Waals surface area contributed by atoms with Crippen molar-refractivity contribution in [1.29, 1.82) is 0 Å². The maximum absolute atomic E-state index is 11.7. The molecule has 1 fully saturated rings. The summed E-state index contributed by atoms with van der Waals surface area (Å²) >= 11 is 0. The maximum Gasteiger partial charge on any atom is 0.324 e. The number of nitrogens with one attached hydrogen (secondary N) is 1. The van der Waals surface area contributed by atoms with Crippen LogP contribution < -0.4 is 5.32 Å². The third kappa shape index (κ3) is 4.08. The number of hydrogen-bond acceptors (Lipinski definition) is 5. The Morgan fingerprint density at radius 3 is 2.94 bits per heavy atom. The standard InChI is InChI=1S/C11H22N2O3/c1-3-15-8-7-13-6-5-12-9-10(13)11(14)16-4-2/h10,12H,3-9H2,1-2H3. The predicted molar refractivity (Wildman–Crippen MR) is 61.4 cm³/mol. The molecule has 0 spiro atoms. The number of carbonyl (C=O) groups is 1. The number of ether oxygens (including phenoxy) is 2. The minimum atomic E-state index is -0.158. The lowest BCUT2D eigenvalue weighted by Crippen LogP contribution is -2.56. The van der Waals surface area contributed by atoms with E-state index in [4.69, 9.17) is 9.47 Å². The van der Waals surface area contributed by atoms with E-state index in [1.54, 1.807) is 0 Å². The molecule has 0 saturated carbocycles. The van der Waals surface area contributed by atoms with Gasteiger partial charge in [-0.25, -0.2) is 0 Å². The van der Waals surface area contributed by atoms with Crippen LogP contribution in [0, 0.1) is 0 Å². The predicted octanol–water partition coefficient (Wildman–Crippen LogP) is -0.140. The summed E-state index contributed by atoms with van der Waals surface area (Å²) in [4.78, 5) is 13.8. The van der Waals surface area contributed by atoms with Gasteiger partial charge in [0.2, 0.25) is 0 Å². The normalized spacial score (nSPS) is 22.0. The second-order valence-electron chi connectivity index (χ2n) is 3.70. The molecule has 0 aromatic carbocycles. The van der Waals surface area contributed by atoms with Crippen molar-refractivity contribution < 1.29 is 14.3 Å². The van der Waals surface area contributed by atoms with Crippen LogP contribution in [0.5, 0.6) is 0 Å². The van der Waals surface area contributed by atoms with Crippen molar-refractivity contribution in [3.63, 3.8) is 0 Å². The van der Waals surface area contributed by atoms with Crippen molar-refractivity contribution in [3.05, 3.63) is 0 Å². The van der Waals surface area contributed by atoms with Crippen LogP contribution in [0.25, 0.3) is 0 Å². The minimum Gasteiger partial charge on any atom is -0.465 e. The number of esters is 1. The van der Waals surface area contributed by atoms with Gasteiger partial charge in [-0.3, -0.25) is 9.69 Å². The zero-order chi connectivity index (χ0) is 11.8. The summed E-state index contributed by atoms with van der Waals surface area (Å²) in [6.07, 6.45) is 0.